The summed E-state index contributed by atoms with van der Waals surface area (Å²) in [7, 11) is 0. The molecular weight excluding hydrogens is 310 g/mol. The van der Waals surface area contributed by atoms with Gasteiger partial charge in [0.15, 0.2) is 0 Å². The van der Waals surface area contributed by atoms with E-state index in [0.717, 1.165) is 19.3 Å². The maximum absolute atomic E-state index is 13.0. The zero-order valence-electron chi connectivity index (χ0n) is 13.7. The maximum atomic E-state index is 13.0. The molecule has 7 heteroatoms. The van der Waals surface area contributed by atoms with Gasteiger partial charge in [0.25, 0.3) is 0 Å². The lowest BCUT2D eigenvalue weighted by molar-refractivity contribution is -0.147. The number of hydroxylamine groups is 1. The minimum absolute atomic E-state index is 0.0802. The van der Waals surface area contributed by atoms with Crippen LogP contribution in [0.2, 0.25) is 0 Å². The summed E-state index contributed by atoms with van der Waals surface area (Å²) in [6.07, 6.45) is 6.92. The van der Waals surface area contributed by atoms with E-state index >= 15 is 0 Å². The Morgan fingerprint density at radius 1 is 1.25 bits per heavy atom. The van der Waals surface area contributed by atoms with Crippen molar-refractivity contribution in [3.63, 3.8) is 0 Å². The molecular formula is C17H23N3O4. The highest BCUT2D eigenvalue weighted by molar-refractivity contribution is 5.90. The quantitative estimate of drug-likeness (QED) is 0.579. The second-order valence-corrected chi connectivity index (χ2v) is 7.95. The molecule has 4 aliphatic carbocycles. The lowest BCUT2D eigenvalue weighted by Gasteiger charge is -2.55. The monoisotopic (exact) mass is 333 g/mol. The highest BCUT2D eigenvalue weighted by Crippen LogP contribution is 2.60. The standard InChI is InChI=1S/C17H23N3O4/c1-9(13-5-14(24-20-13)15(21)19-23)18-16(22)17-6-10-2-11(7-17)4-12(3-10)8-17/h5,9-12,23H,2-4,6-8H2,1H3,(H,18,22)(H,19,21)/t9-,10?,11?,12?,17?/m1/s1. The number of carbonyl (C=O) groups excluding carboxylic acids is 2. The number of carbonyl (C=O) groups is 2. The minimum atomic E-state index is -0.756. The normalized spacial score (nSPS) is 34.8. The van der Waals surface area contributed by atoms with Crippen molar-refractivity contribution in [1.29, 1.82) is 0 Å². The van der Waals surface area contributed by atoms with E-state index < -0.39 is 5.91 Å². The van der Waals surface area contributed by atoms with Gasteiger partial charge in [-0.2, -0.15) is 0 Å². The molecule has 24 heavy (non-hydrogen) atoms. The summed E-state index contributed by atoms with van der Waals surface area (Å²) in [6.45, 7) is 1.83. The van der Waals surface area contributed by atoms with E-state index in [1.54, 1.807) is 0 Å². The first-order valence-corrected chi connectivity index (χ1v) is 8.71. The molecule has 7 nitrogen and oxygen atoms in total. The summed E-state index contributed by atoms with van der Waals surface area (Å²) in [5.41, 5.74) is 1.77. The Morgan fingerprint density at radius 2 is 1.83 bits per heavy atom. The Balaban J connectivity index is 1.46. The van der Waals surface area contributed by atoms with Crippen LogP contribution in [0.25, 0.3) is 0 Å². The molecule has 0 radical (unpaired) electrons. The molecule has 3 N–H and O–H groups in total. The molecule has 0 spiro atoms. The van der Waals surface area contributed by atoms with Crippen molar-refractivity contribution in [3.8, 4) is 0 Å². The van der Waals surface area contributed by atoms with Crippen LogP contribution < -0.4 is 10.8 Å². The SMILES string of the molecule is C[C@@H](NC(=O)C12CC3CC(CC(C3)C1)C2)c1cc(C(=O)NO)on1. The van der Waals surface area contributed by atoms with Crippen LogP contribution in [0.4, 0.5) is 0 Å². The van der Waals surface area contributed by atoms with Crippen LogP contribution in [0, 0.1) is 23.2 Å². The molecule has 1 aromatic heterocycles. The van der Waals surface area contributed by atoms with E-state index in [4.69, 9.17) is 9.73 Å². The van der Waals surface area contributed by atoms with E-state index in [2.05, 4.69) is 10.5 Å². The van der Waals surface area contributed by atoms with Gasteiger partial charge in [-0.25, -0.2) is 5.48 Å². The third-order valence-electron chi connectivity index (χ3n) is 6.16. The topological polar surface area (TPSA) is 104 Å². The second-order valence-electron chi connectivity index (χ2n) is 7.95. The summed E-state index contributed by atoms with van der Waals surface area (Å²) >= 11 is 0. The average Bonchev–Trinajstić information content (AvgIpc) is 3.03. The van der Waals surface area contributed by atoms with E-state index in [1.807, 2.05) is 6.92 Å². The fourth-order valence-corrected chi connectivity index (χ4v) is 5.47. The molecule has 4 fully saturated rings. The molecule has 0 saturated heterocycles. The third kappa shape index (κ3) is 2.51. The Hall–Kier alpha value is -1.89. The van der Waals surface area contributed by atoms with E-state index in [-0.39, 0.29) is 23.1 Å². The van der Waals surface area contributed by atoms with E-state index in [0.29, 0.717) is 23.4 Å². The van der Waals surface area contributed by atoms with Crippen molar-refractivity contribution < 1.29 is 19.3 Å². The zero-order valence-corrected chi connectivity index (χ0v) is 13.7. The predicted octanol–water partition coefficient (Wildman–Crippen LogP) is 2.19. The number of hydrogen-bond acceptors (Lipinski definition) is 5. The second kappa shape index (κ2) is 5.58. The van der Waals surface area contributed by atoms with E-state index in [1.165, 1.54) is 30.8 Å². The van der Waals surface area contributed by atoms with Crippen LogP contribution in [0.15, 0.2) is 10.6 Å². The van der Waals surface area contributed by atoms with Gasteiger partial charge in [0.2, 0.25) is 11.7 Å². The third-order valence-corrected chi connectivity index (χ3v) is 6.16. The maximum Gasteiger partial charge on any atom is 0.313 e. The summed E-state index contributed by atoms with van der Waals surface area (Å²) in [4.78, 5) is 24.3. The van der Waals surface area contributed by atoms with Crippen LogP contribution >= 0.6 is 0 Å². The largest absolute Gasteiger partial charge is 0.351 e. The molecule has 4 aliphatic rings. The van der Waals surface area contributed by atoms with Crippen LogP contribution in [0.5, 0.6) is 0 Å². The summed E-state index contributed by atoms with van der Waals surface area (Å²) in [6, 6.07) is 1.10. The van der Waals surface area contributed by atoms with Crippen LogP contribution in [-0.2, 0) is 4.79 Å². The Morgan fingerprint density at radius 3 is 2.38 bits per heavy atom. The first kappa shape index (κ1) is 15.6. The van der Waals surface area contributed by atoms with Crippen molar-refractivity contribution in [2.75, 3.05) is 0 Å². The molecule has 1 atom stereocenters. The van der Waals surface area contributed by atoms with Gasteiger partial charge >= 0.3 is 5.91 Å². The molecule has 0 unspecified atom stereocenters. The summed E-state index contributed by atoms with van der Waals surface area (Å²) in [5.74, 6) is 1.42. The number of rotatable bonds is 4. The number of hydrogen-bond donors (Lipinski definition) is 3. The van der Waals surface area contributed by atoms with Crippen molar-refractivity contribution in [2.45, 2.75) is 51.5 Å². The molecule has 2 amide bonds. The predicted molar refractivity (Wildman–Crippen MR) is 82.9 cm³/mol. The highest BCUT2D eigenvalue weighted by Gasteiger charge is 2.54. The molecule has 130 valence electrons. The van der Waals surface area contributed by atoms with Gasteiger partial charge in [0.05, 0.1) is 6.04 Å². The molecule has 1 heterocycles. The van der Waals surface area contributed by atoms with Crippen molar-refractivity contribution in [1.82, 2.24) is 16.0 Å². The van der Waals surface area contributed by atoms with E-state index in [9.17, 15) is 9.59 Å². The Bertz CT molecular complexity index is 633. The molecule has 0 aromatic carbocycles. The van der Waals surface area contributed by atoms with Gasteiger partial charge in [-0.15, -0.1) is 0 Å². The van der Waals surface area contributed by atoms with Crippen LogP contribution in [-0.4, -0.2) is 22.2 Å². The Kier molecular flexibility index (Phi) is 3.63. The van der Waals surface area contributed by atoms with Crippen LogP contribution in [0.1, 0.15) is 67.7 Å². The summed E-state index contributed by atoms with van der Waals surface area (Å²) < 4.78 is 4.90. The molecule has 4 saturated carbocycles. The first-order valence-electron chi connectivity index (χ1n) is 8.71. The lowest BCUT2D eigenvalue weighted by atomic mass is 9.49. The lowest BCUT2D eigenvalue weighted by Crippen LogP contribution is -2.53. The van der Waals surface area contributed by atoms with Crippen molar-refractivity contribution >= 4 is 11.8 Å². The number of aromatic nitrogens is 1. The molecule has 1 aromatic rings. The van der Waals surface area contributed by atoms with Gasteiger partial charge < -0.3 is 9.84 Å². The minimum Gasteiger partial charge on any atom is -0.351 e. The van der Waals surface area contributed by atoms with Crippen molar-refractivity contribution in [2.24, 2.45) is 23.2 Å². The fraction of sp³-hybridized carbons (Fsp3) is 0.706. The summed E-state index contributed by atoms with van der Waals surface area (Å²) in [5, 5.41) is 15.5. The van der Waals surface area contributed by atoms with Gasteiger partial charge in [-0.3, -0.25) is 14.8 Å². The average molecular weight is 333 g/mol. The highest BCUT2D eigenvalue weighted by atomic mass is 16.5. The van der Waals surface area contributed by atoms with Gasteiger partial charge in [0.1, 0.15) is 5.69 Å². The van der Waals surface area contributed by atoms with Gasteiger partial charge in [0, 0.05) is 11.5 Å². The number of amides is 2. The molecule has 5 rings (SSSR count). The first-order chi connectivity index (χ1) is 11.5. The zero-order chi connectivity index (χ0) is 16.9. The fourth-order valence-electron chi connectivity index (χ4n) is 5.47. The van der Waals surface area contributed by atoms with Gasteiger partial charge in [-0.05, 0) is 63.2 Å². The Labute approximate surface area is 140 Å². The molecule has 0 aliphatic heterocycles. The number of nitrogens with zero attached hydrogens (tertiary/aromatic N) is 1. The molecule has 4 bridgehead atoms. The van der Waals surface area contributed by atoms with Crippen LogP contribution in [0.3, 0.4) is 0 Å². The number of nitrogens with one attached hydrogen (secondary N) is 2. The smallest absolute Gasteiger partial charge is 0.313 e. The van der Waals surface area contributed by atoms with Gasteiger partial charge in [-0.1, -0.05) is 5.16 Å². The van der Waals surface area contributed by atoms with Crippen molar-refractivity contribution in [3.05, 3.63) is 17.5 Å².